The maximum absolute atomic E-state index is 11.8. The van der Waals surface area contributed by atoms with Crippen molar-refractivity contribution in [2.75, 3.05) is 7.11 Å². The van der Waals surface area contributed by atoms with Crippen molar-refractivity contribution in [2.24, 2.45) is 0 Å². The van der Waals surface area contributed by atoms with Gasteiger partial charge in [0.15, 0.2) is 12.7 Å². The summed E-state index contributed by atoms with van der Waals surface area (Å²) in [6.45, 7) is 1.73. The number of rotatable bonds is 6. The number of carbonyl (C=O) groups excluding carboxylic acids is 2. The van der Waals surface area contributed by atoms with E-state index in [2.05, 4.69) is 15.2 Å². The molecule has 1 unspecified atom stereocenters. The standard InChI is InChI=1S/C12H15N3O5/c1-8(12(19)20-2)14-11(18)9-3-5-15(13-7-9)6-4-10(16)17/h3,5,7-8H,4,6H2,1-2H3,(H-,14,16,17,18)/p+1. The Balaban J connectivity index is 2.61. The number of ether oxygens (including phenoxy) is 1. The van der Waals surface area contributed by atoms with Crippen LogP contribution in [0.15, 0.2) is 18.5 Å². The van der Waals surface area contributed by atoms with E-state index in [-0.39, 0.29) is 18.5 Å². The molecule has 0 aromatic carbocycles. The quantitative estimate of drug-likeness (QED) is 0.519. The van der Waals surface area contributed by atoms with Crippen LogP contribution < -0.4 is 10.00 Å². The van der Waals surface area contributed by atoms with E-state index in [1.54, 1.807) is 0 Å². The molecular formula is C12H16N3O5+. The van der Waals surface area contributed by atoms with Crippen LogP contribution in [0.2, 0.25) is 0 Å². The van der Waals surface area contributed by atoms with Crippen molar-refractivity contribution in [1.29, 1.82) is 0 Å². The minimum absolute atomic E-state index is 0.0530. The van der Waals surface area contributed by atoms with Crippen molar-refractivity contribution in [2.45, 2.75) is 25.9 Å². The molecule has 0 fully saturated rings. The highest BCUT2D eigenvalue weighted by molar-refractivity contribution is 5.96. The van der Waals surface area contributed by atoms with Crippen LogP contribution in [0, 0.1) is 0 Å². The molecule has 1 aromatic rings. The molecule has 1 rings (SSSR count). The van der Waals surface area contributed by atoms with Gasteiger partial charge in [0.1, 0.15) is 18.7 Å². The highest BCUT2D eigenvalue weighted by Crippen LogP contribution is 1.96. The highest BCUT2D eigenvalue weighted by atomic mass is 16.5. The first-order valence-corrected chi connectivity index (χ1v) is 5.90. The van der Waals surface area contributed by atoms with E-state index >= 15 is 0 Å². The second kappa shape index (κ2) is 7.17. The molecule has 1 atom stereocenters. The third-order valence-electron chi connectivity index (χ3n) is 2.49. The van der Waals surface area contributed by atoms with Gasteiger partial charge in [-0.1, -0.05) is 4.68 Å². The van der Waals surface area contributed by atoms with Crippen LogP contribution >= 0.6 is 0 Å². The number of hydrogen-bond acceptors (Lipinski definition) is 5. The molecule has 0 saturated heterocycles. The second-order valence-corrected chi connectivity index (χ2v) is 4.04. The molecule has 0 bridgehead atoms. The lowest BCUT2D eigenvalue weighted by Gasteiger charge is -2.10. The lowest BCUT2D eigenvalue weighted by Crippen LogP contribution is -2.41. The Labute approximate surface area is 115 Å². The average molecular weight is 282 g/mol. The third-order valence-corrected chi connectivity index (χ3v) is 2.49. The number of aryl methyl sites for hydroxylation is 1. The fourth-order valence-corrected chi connectivity index (χ4v) is 1.38. The van der Waals surface area contributed by atoms with Crippen LogP contribution in [0.3, 0.4) is 0 Å². The van der Waals surface area contributed by atoms with Crippen molar-refractivity contribution in [1.82, 2.24) is 10.4 Å². The van der Waals surface area contributed by atoms with Crippen LogP contribution in [0.4, 0.5) is 0 Å². The largest absolute Gasteiger partial charge is 0.481 e. The predicted molar refractivity (Wildman–Crippen MR) is 65.6 cm³/mol. The molecule has 0 aliphatic rings. The summed E-state index contributed by atoms with van der Waals surface area (Å²) in [5.74, 6) is -1.92. The number of nitrogens with one attached hydrogen (secondary N) is 1. The Morgan fingerprint density at radius 1 is 1.50 bits per heavy atom. The number of carboxylic acid groups (broad SMARTS) is 1. The summed E-state index contributed by atoms with van der Waals surface area (Å²) in [5, 5.41) is 14.9. The van der Waals surface area contributed by atoms with Crippen molar-refractivity contribution in [3.8, 4) is 0 Å². The fraction of sp³-hybridized carbons (Fsp3) is 0.417. The number of methoxy groups -OCH3 is 1. The highest BCUT2D eigenvalue weighted by Gasteiger charge is 2.18. The number of aromatic nitrogens is 2. The van der Waals surface area contributed by atoms with Gasteiger partial charge in [-0.05, 0) is 12.0 Å². The molecule has 8 nitrogen and oxygen atoms in total. The summed E-state index contributed by atoms with van der Waals surface area (Å²) in [6, 6.07) is 0.737. The van der Waals surface area contributed by atoms with Crippen molar-refractivity contribution < 1.29 is 28.9 Å². The molecule has 1 heterocycles. The summed E-state index contributed by atoms with van der Waals surface area (Å²) in [5.41, 5.74) is 0.271. The Kier molecular flexibility index (Phi) is 5.57. The molecule has 0 aliphatic carbocycles. The summed E-state index contributed by atoms with van der Waals surface area (Å²) >= 11 is 0. The molecule has 0 radical (unpaired) electrons. The van der Waals surface area contributed by atoms with Crippen LogP contribution in [0.1, 0.15) is 23.7 Å². The maximum atomic E-state index is 11.8. The first-order valence-electron chi connectivity index (χ1n) is 5.90. The van der Waals surface area contributed by atoms with Crippen LogP contribution in [0.25, 0.3) is 0 Å². The number of nitrogens with zero attached hydrogens (tertiary/aromatic N) is 2. The zero-order valence-corrected chi connectivity index (χ0v) is 11.2. The first kappa shape index (κ1) is 15.5. The zero-order valence-electron chi connectivity index (χ0n) is 11.2. The molecule has 108 valence electrons. The van der Waals surface area contributed by atoms with E-state index in [1.165, 1.54) is 37.2 Å². The van der Waals surface area contributed by atoms with Gasteiger partial charge in [0.25, 0.3) is 5.91 Å². The molecular weight excluding hydrogens is 266 g/mol. The van der Waals surface area contributed by atoms with Crippen LogP contribution in [-0.2, 0) is 20.9 Å². The topological polar surface area (TPSA) is 109 Å². The minimum atomic E-state index is -0.923. The van der Waals surface area contributed by atoms with Gasteiger partial charge in [-0.25, -0.2) is 4.79 Å². The minimum Gasteiger partial charge on any atom is -0.481 e. The SMILES string of the molecule is COC(=O)C(C)NC(=O)c1cc[n+](CCC(=O)O)nc1. The molecule has 2 N–H and O–H groups in total. The maximum Gasteiger partial charge on any atom is 0.328 e. The molecule has 20 heavy (non-hydrogen) atoms. The van der Waals surface area contributed by atoms with E-state index in [1.807, 2.05) is 0 Å². The Bertz CT molecular complexity index is 500. The predicted octanol–water partition coefficient (Wildman–Crippen LogP) is -0.865. The Hall–Kier alpha value is -2.51. The molecule has 1 amide bonds. The van der Waals surface area contributed by atoms with Crippen molar-refractivity contribution in [3.05, 3.63) is 24.0 Å². The molecule has 0 spiro atoms. The summed E-state index contributed by atoms with van der Waals surface area (Å²) in [7, 11) is 1.24. The van der Waals surface area contributed by atoms with E-state index in [0.717, 1.165) is 0 Å². The summed E-state index contributed by atoms with van der Waals surface area (Å²) < 4.78 is 5.90. The Morgan fingerprint density at radius 3 is 2.70 bits per heavy atom. The average Bonchev–Trinajstić information content (AvgIpc) is 2.44. The third kappa shape index (κ3) is 4.63. The number of hydrogen-bond donors (Lipinski definition) is 2. The number of aliphatic carboxylic acids is 1. The van der Waals surface area contributed by atoms with E-state index in [4.69, 9.17) is 5.11 Å². The molecule has 0 aliphatic heterocycles. The molecule has 0 saturated carbocycles. The first-order chi connectivity index (χ1) is 9.43. The van der Waals surface area contributed by atoms with Gasteiger partial charge in [-0.15, -0.1) is 0 Å². The van der Waals surface area contributed by atoms with Gasteiger partial charge in [0, 0.05) is 6.07 Å². The van der Waals surface area contributed by atoms with Gasteiger partial charge in [0.05, 0.1) is 12.7 Å². The number of carboxylic acids is 1. The number of amides is 1. The lowest BCUT2D eigenvalue weighted by atomic mass is 10.2. The zero-order chi connectivity index (χ0) is 15.1. The van der Waals surface area contributed by atoms with Gasteiger partial charge in [0.2, 0.25) is 0 Å². The van der Waals surface area contributed by atoms with Gasteiger partial charge in [-0.2, -0.15) is 0 Å². The Morgan fingerprint density at radius 2 is 2.20 bits per heavy atom. The molecule has 8 heteroatoms. The van der Waals surface area contributed by atoms with Gasteiger partial charge in [-0.3, -0.25) is 9.59 Å². The number of carbonyl (C=O) groups is 3. The second-order valence-electron chi connectivity index (χ2n) is 4.04. The van der Waals surface area contributed by atoms with Crippen molar-refractivity contribution in [3.63, 3.8) is 0 Å². The smallest absolute Gasteiger partial charge is 0.328 e. The van der Waals surface area contributed by atoms with Crippen LogP contribution in [0.5, 0.6) is 0 Å². The lowest BCUT2D eigenvalue weighted by molar-refractivity contribution is -0.753. The van der Waals surface area contributed by atoms with Crippen LogP contribution in [-0.4, -0.2) is 41.2 Å². The van der Waals surface area contributed by atoms with E-state index in [0.29, 0.717) is 0 Å². The van der Waals surface area contributed by atoms with E-state index < -0.39 is 23.9 Å². The van der Waals surface area contributed by atoms with E-state index in [9.17, 15) is 14.4 Å². The van der Waals surface area contributed by atoms with Crippen molar-refractivity contribution >= 4 is 17.8 Å². The van der Waals surface area contributed by atoms with Gasteiger partial charge < -0.3 is 15.2 Å². The molecule has 1 aromatic heterocycles. The fourth-order valence-electron chi connectivity index (χ4n) is 1.38. The van der Waals surface area contributed by atoms with Gasteiger partial charge >= 0.3 is 11.9 Å². The monoisotopic (exact) mass is 282 g/mol. The number of esters is 1. The normalized spacial score (nSPS) is 11.5. The summed E-state index contributed by atoms with van der Waals surface area (Å²) in [6.07, 6.45) is 2.75. The summed E-state index contributed by atoms with van der Waals surface area (Å²) in [4.78, 5) is 33.4.